The average molecular weight is 229 g/mol. The molecule has 0 aromatic rings. The summed E-state index contributed by atoms with van der Waals surface area (Å²) < 4.78 is 0. The third kappa shape index (κ3) is 2.81. The Labute approximate surface area is 97.0 Å². The lowest BCUT2D eigenvalue weighted by Gasteiger charge is -2.21. The van der Waals surface area contributed by atoms with E-state index >= 15 is 0 Å². The summed E-state index contributed by atoms with van der Waals surface area (Å²) in [4.78, 5) is 11.4. The Kier molecular flexibility index (Phi) is 5.38. The van der Waals surface area contributed by atoms with Gasteiger partial charge in [-0.3, -0.25) is 4.79 Å². The minimum atomic E-state index is -1.05. The van der Waals surface area contributed by atoms with E-state index in [-0.39, 0.29) is 12.0 Å². The van der Waals surface area contributed by atoms with Crippen molar-refractivity contribution < 1.29 is 15.0 Å². The summed E-state index contributed by atoms with van der Waals surface area (Å²) in [6.07, 6.45) is 3.25. The Morgan fingerprint density at radius 1 is 1.19 bits per heavy atom. The molecule has 0 bridgehead atoms. The molecule has 4 heteroatoms. The fourth-order valence-corrected chi connectivity index (χ4v) is 2.51. The predicted molar refractivity (Wildman–Crippen MR) is 62.1 cm³/mol. The molecular formula is C12H23NO3. The number of ketones is 1. The van der Waals surface area contributed by atoms with Crippen LogP contribution in [0, 0.1) is 5.92 Å². The van der Waals surface area contributed by atoms with Crippen LogP contribution in [0.1, 0.15) is 39.0 Å². The largest absolute Gasteiger partial charge is 0.385 e. The SMILES string of the molecule is CCCCCCC1C(O)C(=O)C(O)C1NC. The first-order valence-corrected chi connectivity index (χ1v) is 6.20. The number of Topliss-reactive ketones (excluding diaryl/α,β-unsaturated/α-hetero) is 1. The fourth-order valence-electron chi connectivity index (χ4n) is 2.51. The number of nitrogens with one attached hydrogen (secondary N) is 1. The van der Waals surface area contributed by atoms with Gasteiger partial charge in [0.1, 0.15) is 12.2 Å². The van der Waals surface area contributed by atoms with E-state index in [2.05, 4.69) is 12.2 Å². The van der Waals surface area contributed by atoms with Gasteiger partial charge in [-0.1, -0.05) is 32.6 Å². The number of unbranched alkanes of at least 4 members (excludes halogenated alkanes) is 3. The van der Waals surface area contributed by atoms with E-state index in [0.29, 0.717) is 0 Å². The highest BCUT2D eigenvalue weighted by molar-refractivity contribution is 5.90. The van der Waals surface area contributed by atoms with Crippen LogP contribution in [-0.4, -0.2) is 41.3 Å². The summed E-state index contributed by atoms with van der Waals surface area (Å²) >= 11 is 0. The van der Waals surface area contributed by atoms with E-state index in [1.54, 1.807) is 7.05 Å². The number of hydrogen-bond donors (Lipinski definition) is 3. The maximum Gasteiger partial charge on any atom is 0.191 e. The van der Waals surface area contributed by atoms with Gasteiger partial charge in [-0.05, 0) is 13.5 Å². The monoisotopic (exact) mass is 229 g/mol. The van der Waals surface area contributed by atoms with Crippen molar-refractivity contribution in [2.45, 2.75) is 57.3 Å². The van der Waals surface area contributed by atoms with Crippen LogP contribution in [-0.2, 0) is 4.79 Å². The smallest absolute Gasteiger partial charge is 0.191 e. The zero-order valence-corrected chi connectivity index (χ0v) is 10.1. The second-order valence-electron chi connectivity index (χ2n) is 4.62. The molecule has 0 radical (unpaired) electrons. The van der Waals surface area contributed by atoms with Crippen LogP contribution in [0.2, 0.25) is 0 Å². The van der Waals surface area contributed by atoms with Crippen molar-refractivity contribution in [3.63, 3.8) is 0 Å². The second-order valence-corrected chi connectivity index (χ2v) is 4.62. The average Bonchev–Trinajstić information content (AvgIpc) is 2.49. The number of rotatable bonds is 6. The molecule has 1 rings (SSSR count). The van der Waals surface area contributed by atoms with Gasteiger partial charge in [0, 0.05) is 12.0 Å². The summed E-state index contributed by atoms with van der Waals surface area (Å²) in [6, 6.07) is -0.288. The molecule has 4 nitrogen and oxygen atoms in total. The van der Waals surface area contributed by atoms with Crippen LogP contribution in [0.3, 0.4) is 0 Å². The van der Waals surface area contributed by atoms with Crippen LogP contribution in [0.5, 0.6) is 0 Å². The molecule has 1 saturated carbocycles. The summed E-state index contributed by atoms with van der Waals surface area (Å²) in [5.41, 5.74) is 0. The summed E-state index contributed by atoms with van der Waals surface area (Å²) in [7, 11) is 1.72. The lowest BCUT2D eigenvalue weighted by Crippen LogP contribution is -2.40. The van der Waals surface area contributed by atoms with E-state index in [1.807, 2.05) is 0 Å². The minimum Gasteiger partial charge on any atom is -0.385 e. The number of hydrogen-bond acceptors (Lipinski definition) is 4. The molecule has 1 fully saturated rings. The highest BCUT2D eigenvalue weighted by atomic mass is 16.3. The predicted octanol–water partition coefficient (Wildman–Crippen LogP) is 0.465. The molecule has 1 aliphatic carbocycles. The lowest BCUT2D eigenvalue weighted by molar-refractivity contribution is -0.131. The van der Waals surface area contributed by atoms with Gasteiger partial charge >= 0.3 is 0 Å². The maximum atomic E-state index is 11.4. The van der Waals surface area contributed by atoms with Crippen LogP contribution in [0.4, 0.5) is 0 Å². The van der Waals surface area contributed by atoms with Crippen LogP contribution in [0.15, 0.2) is 0 Å². The zero-order valence-electron chi connectivity index (χ0n) is 10.1. The van der Waals surface area contributed by atoms with Gasteiger partial charge in [-0.15, -0.1) is 0 Å². The topological polar surface area (TPSA) is 69.6 Å². The van der Waals surface area contributed by atoms with Gasteiger partial charge in [0.25, 0.3) is 0 Å². The Morgan fingerprint density at radius 3 is 2.44 bits per heavy atom. The van der Waals surface area contributed by atoms with Crippen molar-refractivity contribution in [1.82, 2.24) is 5.32 Å². The fraction of sp³-hybridized carbons (Fsp3) is 0.917. The van der Waals surface area contributed by atoms with Gasteiger partial charge in [0.2, 0.25) is 0 Å². The number of aliphatic hydroxyl groups is 2. The molecule has 0 spiro atoms. The van der Waals surface area contributed by atoms with Gasteiger partial charge in [0.15, 0.2) is 5.78 Å². The first kappa shape index (κ1) is 13.6. The van der Waals surface area contributed by atoms with Gasteiger partial charge < -0.3 is 15.5 Å². The van der Waals surface area contributed by atoms with E-state index in [0.717, 1.165) is 19.3 Å². The molecule has 0 heterocycles. The highest BCUT2D eigenvalue weighted by Crippen LogP contribution is 2.28. The number of aliphatic hydroxyl groups excluding tert-OH is 2. The van der Waals surface area contributed by atoms with Crippen molar-refractivity contribution in [1.29, 1.82) is 0 Å². The molecule has 0 saturated heterocycles. The summed E-state index contributed by atoms with van der Waals surface area (Å²) in [5, 5.41) is 22.3. The lowest BCUT2D eigenvalue weighted by atomic mass is 9.94. The first-order chi connectivity index (χ1) is 7.63. The Balaban J connectivity index is 2.46. The molecule has 0 aromatic carbocycles. The number of carbonyl (C=O) groups is 1. The van der Waals surface area contributed by atoms with Crippen molar-refractivity contribution in [2.24, 2.45) is 5.92 Å². The maximum absolute atomic E-state index is 11.4. The third-order valence-electron chi connectivity index (χ3n) is 3.51. The molecule has 3 N–H and O–H groups in total. The van der Waals surface area contributed by atoms with Crippen LogP contribution < -0.4 is 5.32 Å². The molecule has 0 amide bonds. The molecule has 1 aliphatic rings. The number of likely N-dealkylation sites (N-methyl/N-ethyl adjacent to an activating group) is 1. The molecule has 94 valence electrons. The van der Waals surface area contributed by atoms with Gasteiger partial charge in [-0.25, -0.2) is 0 Å². The molecule has 0 aromatic heterocycles. The van der Waals surface area contributed by atoms with E-state index in [4.69, 9.17) is 0 Å². The van der Waals surface area contributed by atoms with E-state index < -0.39 is 18.0 Å². The van der Waals surface area contributed by atoms with Crippen LogP contribution >= 0.6 is 0 Å². The van der Waals surface area contributed by atoms with Crippen LogP contribution in [0.25, 0.3) is 0 Å². The Morgan fingerprint density at radius 2 is 1.88 bits per heavy atom. The molecule has 0 aliphatic heterocycles. The van der Waals surface area contributed by atoms with Crippen molar-refractivity contribution >= 4 is 5.78 Å². The Hall–Kier alpha value is -0.450. The quantitative estimate of drug-likeness (QED) is 0.579. The van der Waals surface area contributed by atoms with E-state index in [1.165, 1.54) is 12.8 Å². The third-order valence-corrected chi connectivity index (χ3v) is 3.51. The van der Waals surface area contributed by atoms with Gasteiger partial charge in [0.05, 0.1) is 0 Å². The molecule has 4 unspecified atom stereocenters. The first-order valence-electron chi connectivity index (χ1n) is 6.20. The van der Waals surface area contributed by atoms with Gasteiger partial charge in [-0.2, -0.15) is 0 Å². The van der Waals surface area contributed by atoms with Crippen molar-refractivity contribution in [2.75, 3.05) is 7.05 Å². The Bertz CT molecular complexity index is 232. The van der Waals surface area contributed by atoms with Crippen molar-refractivity contribution in [3.05, 3.63) is 0 Å². The molecular weight excluding hydrogens is 206 g/mol. The van der Waals surface area contributed by atoms with E-state index in [9.17, 15) is 15.0 Å². The molecule has 16 heavy (non-hydrogen) atoms. The summed E-state index contributed by atoms with van der Waals surface area (Å²) in [5.74, 6) is -0.566. The second kappa shape index (κ2) is 6.33. The normalized spacial score (nSPS) is 34.6. The molecule has 4 atom stereocenters. The number of carbonyl (C=O) groups excluding carboxylic acids is 1. The highest BCUT2D eigenvalue weighted by Gasteiger charge is 2.47. The standard InChI is InChI=1S/C12H23NO3/c1-3-4-5-6-7-8-9(13-2)11(15)12(16)10(8)14/h8-11,13-15H,3-7H2,1-2H3. The zero-order chi connectivity index (χ0) is 12.1. The summed E-state index contributed by atoms with van der Waals surface area (Å²) in [6.45, 7) is 2.15. The minimum absolute atomic E-state index is 0.135. The van der Waals surface area contributed by atoms with Crippen molar-refractivity contribution in [3.8, 4) is 0 Å².